The van der Waals surface area contributed by atoms with Crippen LogP contribution in [0.1, 0.15) is 37.3 Å². The molecule has 1 saturated heterocycles. The molecule has 0 spiro atoms. The highest BCUT2D eigenvalue weighted by atomic mass is 19.4. The summed E-state index contributed by atoms with van der Waals surface area (Å²) in [5.41, 5.74) is -0.236. The summed E-state index contributed by atoms with van der Waals surface area (Å²) in [7, 11) is 0. The maximum absolute atomic E-state index is 13.0. The average molecular weight is 287 g/mol. The summed E-state index contributed by atoms with van der Waals surface area (Å²) in [6, 6.07) is 5.92. The van der Waals surface area contributed by atoms with E-state index in [4.69, 9.17) is 0 Å². The Kier molecular flexibility index (Phi) is 4.70. The van der Waals surface area contributed by atoms with Crippen LogP contribution >= 0.6 is 0 Å². The van der Waals surface area contributed by atoms with Gasteiger partial charge in [0.15, 0.2) is 0 Å². The highest BCUT2D eigenvalue weighted by molar-refractivity contribution is 5.29. The molecule has 1 fully saturated rings. The second-order valence-electron chi connectivity index (χ2n) is 5.51. The first kappa shape index (κ1) is 15.3. The third-order valence-corrected chi connectivity index (χ3v) is 3.81. The van der Waals surface area contributed by atoms with Crippen molar-refractivity contribution in [2.24, 2.45) is 0 Å². The number of aliphatic hydroxyl groups is 1. The normalized spacial score (nSPS) is 22.1. The molecule has 0 amide bonds. The zero-order valence-corrected chi connectivity index (χ0v) is 11.5. The van der Waals surface area contributed by atoms with E-state index in [2.05, 4.69) is 4.90 Å². The molecular formula is C15H20F3NO. The topological polar surface area (TPSA) is 23.5 Å². The van der Waals surface area contributed by atoms with E-state index >= 15 is 0 Å². The van der Waals surface area contributed by atoms with Gasteiger partial charge in [0.1, 0.15) is 0 Å². The van der Waals surface area contributed by atoms with E-state index in [9.17, 15) is 18.3 Å². The fourth-order valence-corrected chi connectivity index (χ4v) is 2.92. The standard InChI is InChI=1S/C15H20F3NO/c1-11(20)9-13-6-4-8-19(13)10-12-5-2-3-7-14(12)15(16,17)18/h2-3,5,7,11,13,20H,4,6,8-10H2,1H3. The number of hydrogen-bond acceptors (Lipinski definition) is 2. The molecule has 2 atom stereocenters. The molecule has 1 aromatic carbocycles. The summed E-state index contributed by atoms with van der Waals surface area (Å²) >= 11 is 0. The van der Waals surface area contributed by atoms with Crippen molar-refractivity contribution in [3.05, 3.63) is 35.4 Å². The molecular weight excluding hydrogens is 267 g/mol. The van der Waals surface area contributed by atoms with E-state index in [0.29, 0.717) is 18.5 Å². The minimum atomic E-state index is -4.31. The zero-order valence-electron chi connectivity index (χ0n) is 11.5. The summed E-state index contributed by atoms with van der Waals surface area (Å²) in [5.74, 6) is 0. The fourth-order valence-electron chi connectivity index (χ4n) is 2.92. The summed E-state index contributed by atoms with van der Waals surface area (Å²) in [4.78, 5) is 2.05. The Morgan fingerprint density at radius 3 is 2.70 bits per heavy atom. The van der Waals surface area contributed by atoms with Gasteiger partial charge in [-0.1, -0.05) is 18.2 Å². The van der Waals surface area contributed by atoms with Gasteiger partial charge in [-0.05, 0) is 44.4 Å². The molecule has 0 radical (unpaired) electrons. The SMILES string of the molecule is CC(O)CC1CCCN1Cc1ccccc1C(F)(F)F. The van der Waals surface area contributed by atoms with Crippen molar-refractivity contribution in [1.29, 1.82) is 0 Å². The molecule has 0 aromatic heterocycles. The largest absolute Gasteiger partial charge is 0.416 e. The maximum atomic E-state index is 13.0. The molecule has 20 heavy (non-hydrogen) atoms. The van der Waals surface area contributed by atoms with Crippen LogP contribution in [0.2, 0.25) is 0 Å². The predicted octanol–water partition coefficient (Wildman–Crippen LogP) is 3.44. The van der Waals surface area contributed by atoms with Gasteiger partial charge in [0.25, 0.3) is 0 Å². The van der Waals surface area contributed by atoms with Crippen LogP contribution in [0.25, 0.3) is 0 Å². The van der Waals surface area contributed by atoms with Crippen molar-refractivity contribution in [3.8, 4) is 0 Å². The van der Waals surface area contributed by atoms with Crippen LogP contribution in [-0.4, -0.2) is 28.7 Å². The van der Waals surface area contributed by atoms with Gasteiger partial charge in [-0.2, -0.15) is 13.2 Å². The van der Waals surface area contributed by atoms with Crippen LogP contribution in [0.4, 0.5) is 13.2 Å². The molecule has 1 N–H and O–H groups in total. The lowest BCUT2D eigenvalue weighted by molar-refractivity contribution is -0.138. The van der Waals surface area contributed by atoms with E-state index in [1.54, 1.807) is 19.1 Å². The summed E-state index contributed by atoms with van der Waals surface area (Å²) in [5, 5.41) is 9.47. The number of hydrogen-bond donors (Lipinski definition) is 1. The van der Waals surface area contributed by atoms with Gasteiger partial charge in [0.2, 0.25) is 0 Å². The van der Waals surface area contributed by atoms with Crippen molar-refractivity contribution in [2.75, 3.05) is 6.54 Å². The third kappa shape index (κ3) is 3.73. The first-order valence-corrected chi connectivity index (χ1v) is 6.95. The Labute approximate surface area is 117 Å². The van der Waals surface area contributed by atoms with Crippen LogP contribution in [0.5, 0.6) is 0 Å². The van der Waals surface area contributed by atoms with Crippen molar-refractivity contribution >= 4 is 0 Å². The number of alkyl halides is 3. The predicted molar refractivity (Wildman–Crippen MR) is 71.2 cm³/mol. The molecule has 0 bridgehead atoms. The van der Waals surface area contributed by atoms with E-state index in [1.807, 2.05) is 0 Å². The Bertz CT molecular complexity index is 445. The summed E-state index contributed by atoms with van der Waals surface area (Å²) in [6.45, 7) is 2.82. The number of benzene rings is 1. The smallest absolute Gasteiger partial charge is 0.393 e. The highest BCUT2D eigenvalue weighted by Gasteiger charge is 2.34. The molecule has 1 aliphatic rings. The Morgan fingerprint density at radius 1 is 1.35 bits per heavy atom. The number of rotatable bonds is 4. The van der Waals surface area contributed by atoms with E-state index in [-0.39, 0.29) is 6.04 Å². The number of nitrogens with zero attached hydrogens (tertiary/aromatic N) is 1. The molecule has 2 unspecified atom stereocenters. The molecule has 112 valence electrons. The second-order valence-corrected chi connectivity index (χ2v) is 5.51. The van der Waals surface area contributed by atoms with Crippen LogP contribution in [-0.2, 0) is 12.7 Å². The Hall–Kier alpha value is -1.07. The molecule has 0 saturated carbocycles. The average Bonchev–Trinajstić information content (AvgIpc) is 2.75. The minimum absolute atomic E-state index is 0.177. The van der Waals surface area contributed by atoms with E-state index in [0.717, 1.165) is 25.5 Å². The quantitative estimate of drug-likeness (QED) is 0.917. The van der Waals surface area contributed by atoms with E-state index < -0.39 is 17.8 Å². The number of halogens is 3. The second kappa shape index (κ2) is 6.14. The molecule has 5 heteroatoms. The summed E-state index contributed by atoms with van der Waals surface area (Å²) < 4.78 is 38.9. The van der Waals surface area contributed by atoms with Crippen LogP contribution in [0.3, 0.4) is 0 Å². The van der Waals surface area contributed by atoms with Gasteiger partial charge in [-0.15, -0.1) is 0 Å². The molecule has 1 heterocycles. The first-order valence-electron chi connectivity index (χ1n) is 6.95. The monoisotopic (exact) mass is 287 g/mol. The molecule has 0 aliphatic carbocycles. The molecule has 1 aliphatic heterocycles. The van der Waals surface area contributed by atoms with Crippen molar-refractivity contribution < 1.29 is 18.3 Å². The fraction of sp³-hybridized carbons (Fsp3) is 0.600. The minimum Gasteiger partial charge on any atom is -0.393 e. The molecule has 2 rings (SSSR count). The van der Waals surface area contributed by atoms with Gasteiger partial charge in [-0.25, -0.2) is 0 Å². The van der Waals surface area contributed by atoms with Crippen LogP contribution in [0, 0.1) is 0 Å². The zero-order chi connectivity index (χ0) is 14.8. The van der Waals surface area contributed by atoms with Gasteiger partial charge in [0.05, 0.1) is 11.7 Å². The molecule has 2 nitrogen and oxygen atoms in total. The lowest BCUT2D eigenvalue weighted by Crippen LogP contribution is -2.32. The lowest BCUT2D eigenvalue weighted by atomic mass is 10.0. The maximum Gasteiger partial charge on any atom is 0.416 e. The number of likely N-dealkylation sites (tertiary alicyclic amines) is 1. The molecule has 1 aromatic rings. The van der Waals surface area contributed by atoms with Gasteiger partial charge in [0, 0.05) is 12.6 Å². The van der Waals surface area contributed by atoms with Crippen LogP contribution in [0.15, 0.2) is 24.3 Å². The highest BCUT2D eigenvalue weighted by Crippen LogP contribution is 2.33. The van der Waals surface area contributed by atoms with Gasteiger partial charge < -0.3 is 5.11 Å². The van der Waals surface area contributed by atoms with Gasteiger partial charge in [-0.3, -0.25) is 4.90 Å². The Balaban J connectivity index is 2.14. The van der Waals surface area contributed by atoms with E-state index in [1.165, 1.54) is 6.07 Å². The van der Waals surface area contributed by atoms with Crippen molar-refractivity contribution in [3.63, 3.8) is 0 Å². The van der Waals surface area contributed by atoms with Crippen molar-refractivity contribution in [2.45, 2.75) is 51.1 Å². The Morgan fingerprint density at radius 2 is 2.05 bits per heavy atom. The third-order valence-electron chi connectivity index (χ3n) is 3.81. The van der Waals surface area contributed by atoms with Crippen LogP contribution < -0.4 is 0 Å². The number of aliphatic hydroxyl groups excluding tert-OH is 1. The lowest BCUT2D eigenvalue weighted by Gasteiger charge is -2.26. The summed E-state index contributed by atoms with van der Waals surface area (Å²) in [6.07, 6.45) is -2.19. The first-order chi connectivity index (χ1) is 9.38. The van der Waals surface area contributed by atoms with Gasteiger partial charge >= 0.3 is 6.18 Å². The van der Waals surface area contributed by atoms with Crippen molar-refractivity contribution in [1.82, 2.24) is 4.90 Å².